The van der Waals surface area contributed by atoms with Crippen molar-refractivity contribution in [2.45, 2.75) is 19.5 Å². The molecule has 0 saturated carbocycles. The van der Waals surface area contributed by atoms with Crippen molar-refractivity contribution in [1.29, 1.82) is 0 Å². The zero-order valence-corrected chi connectivity index (χ0v) is 17.2. The van der Waals surface area contributed by atoms with Crippen LogP contribution in [-0.2, 0) is 11.3 Å². The molecule has 0 bridgehead atoms. The minimum Gasteiger partial charge on any atom is -0.349 e. The second-order valence-corrected chi connectivity index (χ2v) is 7.63. The van der Waals surface area contributed by atoms with Crippen LogP contribution in [0.3, 0.4) is 0 Å². The van der Waals surface area contributed by atoms with E-state index in [9.17, 15) is 9.59 Å². The fourth-order valence-electron chi connectivity index (χ4n) is 3.00. The summed E-state index contributed by atoms with van der Waals surface area (Å²) in [5.41, 5.74) is 3.02. The molecule has 150 valence electrons. The van der Waals surface area contributed by atoms with E-state index in [0.717, 1.165) is 21.8 Å². The maximum absolute atomic E-state index is 12.7. The van der Waals surface area contributed by atoms with Crippen LogP contribution in [0.25, 0.3) is 21.8 Å². The highest BCUT2D eigenvalue weighted by atomic mass is 32.1. The van der Waals surface area contributed by atoms with Gasteiger partial charge < -0.3 is 5.32 Å². The van der Waals surface area contributed by atoms with Gasteiger partial charge >= 0.3 is 0 Å². The van der Waals surface area contributed by atoms with Crippen LogP contribution in [0.5, 0.6) is 0 Å². The molecule has 0 radical (unpaired) electrons. The standard InChI is InChI=1S/C23H20N4O2S/c1-16(27-21(28)13-12-20(26-27)17-8-4-2-5-9-17)22(29)24-14-19-15-30-23(25-19)18-10-6-3-7-11-18/h2-13,15-16H,14H2,1H3,(H,24,29). The Hall–Kier alpha value is -3.58. The van der Waals surface area contributed by atoms with E-state index in [2.05, 4.69) is 15.4 Å². The molecule has 1 N–H and O–H groups in total. The summed E-state index contributed by atoms with van der Waals surface area (Å²) in [5.74, 6) is -0.288. The molecule has 2 heterocycles. The number of nitrogens with zero attached hydrogens (tertiary/aromatic N) is 3. The Bertz CT molecular complexity index is 1200. The summed E-state index contributed by atoms with van der Waals surface area (Å²) >= 11 is 1.53. The molecule has 4 aromatic rings. The lowest BCUT2D eigenvalue weighted by Gasteiger charge is -2.14. The van der Waals surface area contributed by atoms with Gasteiger partial charge in [0.25, 0.3) is 5.56 Å². The molecule has 0 aliphatic carbocycles. The largest absolute Gasteiger partial charge is 0.349 e. The molecule has 6 nitrogen and oxygen atoms in total. The molecule has 2 aromatic heterocycles. The fraction of sp³-hybridized carbons (Fsp3) is 0.130. The average molecular weight is 417 g/mol. The molecule has 4 rings (SSSR count). The van der Waals surface area contributed by atoms with Crippen LogP contribution in [0.15, 0.2) is 83.0 Å². The van der Waals surface area contributed by atoms with Crippen LogP contribution in [0.4, 0.5) is 0 Å². The Kier molecular flexibility index (Phi) is 5.81. The second kappa shape index (κ2) is 8.84. The van der Waals surface area contributed by atoms with Crippen molar-refractivity contribution in [3.8, 4) is 21.8 Å². The summed E-state index contributed by atoms with van der Waals surface area (Å²) in [6.45, 7) is 1.95. The van der Waals surface area contributed by atoms with E-state index in [1.54, 1.807) is 13.0 Å². The quantitative estimate of drug-likeness (QED) is 0.517. The summed E-state index contributed by atoms with van der Waals surface area (Å²) in [6, 6.07) is 21.8. The van der Waals surface area contributed by atoms with Gasteiger partial charge in [-0.25, -0.2) is 9.67 Å². The van der Waals surface area contributed by atoms with Gasteiger partial charge in [0, 0.05) is 22.6 Å². The molecule has 1 amide bonds. The second-order valence-electron chi connectivity index (χ2n) is 6.77. The molecular weight excluding hydrogens is 396 g/mol. The van der Waals surface area contributed by atoms with Crippen LogP contribution in [0.1, 0.15) is 18.7 Å². The Labute approximate surface area is 177 Å². The number of nitrogens with one attached hydrogen (secondary N) is 1. The number of aromatic nitrogens is 3. The number of thiazole rings is 1. The first-order chi connectivity index (χ1) is 14.6. The number of rotatable bonds is 6. The topological polar surface area (TPSA) is 76.9 Å². The van der Waals surface area contributed by atoms with E-state index < -0.39 is 6.04 Å². The number of amides is 1. The lowest BCUT2D eigenvalue weighted by Crippen LogP contribution is -2.36. The first kappa shape index (κ1) is 19.7. The first-order valence-electron chi connectivity index (χ1n) is 9.54. The SMILES string of the molecule is CC(C(=O)NCc1csc(-c2ccccc2)n1)n1nc(-c2ccccc2)ccc1=O. The normalized spacial score (nSPS) is 11.8. The monoisotopic (exact) mass is 416 g/mol. The summed E-state index contributed by atoms with van der Waals surface area (Å²) in [5, 5.41) is 10.1. The lowest BCUT2D eigenvalue weighted by molar-refractivity contribution is -0.124. The lowest BCUT2D eigenvalue weighted by atomic mass is 10.1. The van der Waals surface area contributed by atoms with E-state index in [0.29, 0.717) is 12.2 Å². The minimum absolute atomic E-state index is 0.288. The third-order valence-corrected chi connectivity index (χ3v) is 5.60. The maximum Gasteiger partial charge on any atom is 0.267 e. The van der Waals surface area contributed by atoms with Crippen molar-refractivity contribution < 1.29 is 4.79 Å². The number of carbonyl (C=O) groups excluding carboxylic acids is 1. The number of benzene rings is 2. The zero-order chi connectivity index (χ0) is 20.9. The highest BCUT2D eigenvalue weighted by molar-refractivity contribution is 7.13. The number of carbonyl (C=O) groups is 1. The van der Waals surface area contributed by atoms with E-state index in [4.69, 9.17) is 0 Å². The first-order valence-corrected chi connectivity index (χ1v) is 10.4. The van der Waals surface area contributed by atoms with Crippen LogP contribution < -0.4 is 10.9 Å². The number of hydrogen-bond acceptors (Lipinski definition) is 5. The van der Waals surface area contributed by atoms with Crippen LogP contribution in [0.2, 0.25) is 0 Å². The Morgan fingerprint density at radius 1 is 1.00 bits per heavy atom. The average Bonchev–Trinajstić information content (AvgIpc) is 3.28. The zero-order valence-electron chi connectivity index (χ0n) is 16.4. The van der Waals surface area contributed by atoms with E-state index in [1.165, 1.54) is 22.1 Å². The highest BCUT2D eigenvalue weighted by Gasteiger charge is 2.18. The molecule has 1 unspecified atom stereocenters. The van der Waals surface area contributed by atoms with Crippen LogP contribution >= 0.6 is 11.3 Å². The summed E-state index contributed by atoms with van der Waals surface area (Å²) < 4.78 is 1.22. The molecule has 0 spiro atoms. The predicted molar refractivity (Wildman–Crippen MR) is 118 cm³/mol. The molecule has 7 heteroatoms. The molecule has 2 aromatic carbocycles. The van der Waals surface area contributed by atoms with Crippen LogP contribution in [0, 0.1) is 0 Å². The van der Waals surface area contributed by atoms with Gasteiger partial charge in [-0.1, -0.05) is 60.7 Å². The van der Waals surface area contributed by atoms with Crippen molar-refractivity contribution in [3.05, 3.63) is 94.2 Å². The van der Waals surface area contributed by atoms with Gasteiger partial charge in [-0.3, -0.25) is 9.59 Å². The Balaban J connectivity index is 1.46. The van der Waals surface area contributed by atoms with Gasteiger partial charge in [-0.2, -0.15) is 5.10 Å². The maximum atomic E-state index is 12.7. The third-order valence-electron chi connectivity index (χ3n) is 4.66. The molecule has 0 aliphatic rings. The summed E-state index contributed by atoms with van der Waals surface area (Å²) in [6.07, 6.45) is 0. The van der Waals surface area contributed by atoms with Crippen molar-refractivity contribution in [2.24, 2.45) is 0 Å². The predicted octanol–water partition coefficient (Wildman–Crippen LogP) is 3.91. The van der Waals surface area contributed by atoms with Crippen molar-refractivity contribution in [1.82, 2.24) is 20.1 Å². The molecule has 1 atom stereocenters. The molecule has 0 fully saturated rings. The number of hydrogen-bond donors (Lipinski definition) is 1. The third kappa shape index (κ3) is 4.36. The van der Waals surface area contributed by atoms with Crippen molar-refractivity contribution >= 4 is 17.2 Å². The summed E-state index contributed by atoms with van der Waals surface area (Å²) in [4.78, 5) is 29.5. The molecule has 0 saturated heterocycles. The van der Waals surface area contributed by atoms with Crippen LogP contribution in [-0.4, -0.2) is 20.7 Å². The Morgan fingerprint density at radius 3 is 2.37 bits per heavy atom. The Morgan fingerprint density at radius 2 is 1.67 bits per heavy atom. The minimum atomic E-state index is -0.742. The van der Waals surface area contributed by atoms with Gasteiger partial charge in [0.2, 0.25) is 5.91 Å². The van der Waals surface area contributed by atoms with E-state index >= 15 is 0 Å². The smallest absolute Gasteiger partial charge is 0.267 e. The van der Waals surface area contributed by atoms with Gasteiger partial charge in [0.05, 0.1) is 17.9 Å². The molecular formula is C23H20N4O2S. The van der Waals surface area contributed by atoms with Crippen molar-refractivity contribution in [3.63, 3.8) is 0 Å². The van der Waals surface area contributed by atoms with E-state index in [-0.39, 0.29) is 11.5 Å². The highest BCUT2D eigenvalue weighted by Crippen LogP contribution is 2.23. The van der Waals surface area contributed by atoms with E-state index in [1.807, 2.05) is 66.0 Å². The van der Waals surface area contributed by atoms with Gasteiger partial charge in [0.1, 0.15) is 11.0 Å². The van der Waals surface area contributed by atoms with Gasteiger partial charge in [-0.05, 0) is 13.0 Å². The van der Waals surface area contributed by atoms with Crippen molar-refractivity contribution in [2.75, 3.05) is 0 Å². The van der Waals surface area contributed by atoms with Gasteiger partial charge in [-0.15, -0.1) is 11.3 Å². The fourth-order valence-corrected chi connectivity index (χ4v) is 3.83. The summed E-state index contributed by atoms with van der Waals surface area (Å²) in [7, 11) is 0. The van der Waals surface area contributed by atoms with Gasteiger partial charge in [0.15, 0.2) is 0 Å². The molecule has 30 heavy (non-hydrogen) atoms. The molecule has 0 aliphatic heterocycles.